The Balaban J connectivity index is 1.71. The van der Waals surface area contributed by atoms with E-state index >= 15 is 0 Å². The quantitative estimate of drug-likeness (QED) is 0.860. The largest absolute Gasteiger partial charge is 0.328 e. The predicted molar refractivity (Wildman–Crippen MR) is 90.3 cm³/mol. The van der Waals surface area contributed by atoms with Crippen molar-refractivity contribution in [3.05, 3.63) is 11.6 Å². The normalized spacial score (nSPS) is 21.2. The molecule has 2 heterocycles. The average Bonchev–Trinajstić information content (AvgIpc) is 3.07. The second-order valence-corrected chi connectivity index (χ2v) is 7.24. The van der Waals surface area contributed by atoms with Crippen molar-refractivity contribution in [1.29, 1.82) is 0 Å². The van der Waals surface area contributed by atoms with Gasteiger partial charge in [-0.15, -0.1) is 11.3 Å². The molecule has 1 unspecified atom stereocenters. The van der Waals surface area contributed by atoms with Crippen molar-refractivity contribution in [2.24, 2.45) is 5.92 Å². The highest BCUT2D eigenvalue weighted by Crippen LogP contribution is 2.29. The highest BCUT2D eigenvalue weighted by molar-refractivity contribution is 7.13. The van der Waals surface area contributed by atoms with Crippen LogP contribution in [-0.4, -0.2) is 47.4 Å². The molecule has 1 aliphatic carbocycles. The number of anilines is 1. The molecule has 1 aromatic rings. The standard InChI is InChI=1S/C16H24N4O2S/c21-14-11-17-6-8-20(14)13(10-12-4-2-1-3-5-12)15(22)19-16-18-7-9-23-16/h7,9,12-13,17H,1-6,8,10-11H2,(H,18,19,22). The maximum absolute atomic E-state index is 12.8. The molecule has 7 heteroatoms. The molecule has 3 rings (SSSR count). The van der Waals surface area contributed by atoms with Gasteiger partial charge in [-0.1, -0.05) is 32.1 Å². The first kappa shape index (κ1) is 16.4. The van der Waals surface area contributed by atoms with E-state index in [1.807, 2.05) is 5.38 Å². The summed E-state index contributed by atoms with van der Waals surface area (Å²) in [6.45, 7) is 1.67. The number of hydrogen-bond donors (Lipinski definition) is 2. The Morgan fingerprint density at radius 2 is 2.26 bits per heavy atom. The highest BCUT2D eigenvalue weighted by atomic mass is 32.1. The number of nitrogens with one attached hydrogen (secondary N) is 2. The van der Waals surface area contributed by atoms with Gasteiger partial charge in [0, 0.05) is 24.7 Å². The van der Waals surface area contributed by atoms with Gasteiger partial charge in [-0.05, 0) is 12.3 Å². The molecule has 1 atom stereocenters. The molecule has 1 aromatic heterocycles. The summed E-state index contributed by atoms with van der Waals surface area (Å²) in [4.78, 5) is 30.9. The van der Waals surface area contributed by atoms with Crippen LogP contribution in [0.2, 0.25) is 0 Å². The van der Waals surface area contributed by atoms with Gasteiger partial charge in [0.1, 0.15) is 6.04 Å². The van der Waals surface area contributed by atoms with E-state index in [0.717, 1.165) is 13.0 Å². The molecule has 0 bridgehead atoms. The lowest BCUT2D eigenvalue weighted by Gasteiger charge is -2.36. The number of carbonyl (C=O) groups excluding carboxylic acids is 2. The highest BCUT2D eigenvalue weighted by Gasteiger charge is 2.33. The topological polar surface area (TPSA) is 74.3 Å². The minimum atomic E-state index is -0.378. The van der Waals surface area contributed by atoms with E-state index in [2.05, 4.69) is 15.6 Å². The molecule has 2 N–H and O–H groups in total. The van der Waals surface area contributed by atoms with E-state index in [4.69, 9.17) is 0 Å². The zero-order chi connectivity index (χ0) is 16.1. The lowest BCUT2D eigenvalue weighted by atomic mass is 9.84. The Morgan fingerprint density at radius 3 is 2.96 bits per heavy atom. The van der Waals surface area contributed by atoms with Crippen LogP contribution in [0.4, 0.5) is 5.13 Å². The first-order valence-corrected chi connectivity index (χ1v) is 9.32. The van der Waals surface area contributed by atoms with E-state index in [-0.39, 0.29) is 17.9 Å². The molecule has 6 nitrogen and oxygen atoms in total. The lowest BCUT2D eigenvalue weighted by Crippen LogP contribution is -2.56. The fourth-order valence-corrected chi connectivity index (χ4v) is 4.07. The minimum absolute atomic E-state index is 0.0198. The monoisotopic (exact) mass is 336 g/mol. The van der Waals surface area contributed by atoms with Gasteiger partial charge in [-0.3, -0.25) is 9.59 Å². The molecule has 0 aromatic carbocycles. The van der Waals surface area contributed by atoms with Gasteiger partial charge in [-0.25, -0.2) is 4.98 Å². The zero-order valence-electron chi connectivity index (χ0n) is 13.3. The fraction of sp³-hybridized carbons (Fsp3) is 0.688. The van der Waals surface area contributed by atoms with Crippen molar-refractivity contribution in [1.82, 2.24) is 15.2 Å². The zero-order valence-corrected chi connectivity index (χ0v) is 14.1. The van der Waals surface area contributed by atoms with E-state index in [1.54, 1.807) is 11.1 Å². The molecule has 1 aliphatic heterocycles. The van der Waals surface area contributed by atoms with E-state index in [9.17, 15) is 9.59 Å². The number of aromatic nitrogens is 1. The van der Waals surface area contributed by atoms with Crippen molar-refractivity contribution in [3.63, 3.8) is 0 Å². The summed E-state index contributed by atoms with van der Waals surface area (Å²) in [5, 5.41) is 8.40. The second-order valence-electron chi connectivity index (χ2n) is 6.35. The Labute approximate surface area is 140 Å². The summed E-state index contributed by atoms with van der Waals surface area (Å²) < 4.78 is 0. The van der Waals surface area contributed by atoms with Crippen LogP contribution in [0.3, 0.4) is 0 Å². The summed E-state index contributed by atoms with van der Waals surface area (Å²) in [5.74, 6) is 0.464. The van der Waals surface area contributed by atoms with E-state index in [0.29, 0.717) is 24.1 Å². The van der Waals surface area contributed by atoms with Crippen LogP contribution in [0.1, 0.15) is 38.5 Å². The van der Waals surface area contributed by atoms with Gasteiger partial charge >= 0.3 is 0 Å². The van der Waals surface area contributed by atoms with E-state index < -0.39 is 0 Å². The van der Waals surface area contributed by atoms with Gasteiger partial charge in [0.2, 0.25) is 11.8 Å². The molecular weight excluding hydrogens is 312 g/mol. The number of hydrogen-bond acceptors (Lipinski definition) is 5. The van der Waals surface area contributed by atoms with Crippen LogP contribution >= 0.6 is 11.3 Å². The first-order chi connectivity index (χ1) is 11.2. The van der Waals surface area contributed by atoms with Gasteiger partial charge in [0.25, 0.3) is 0 Å². The molecule has 126 valence electrons. The summed E-state index contributed by atoms with van der Waals surface area (Å²) in [6, 6.07) is -0.378. The lowest BCUT2D eigenvalue weighted by molar-refractivity contribution is -0.140. The second kappa shape index (κ2) is 7.88. The van der Waals surface area contributed by atoms with Gasteiger partial charge in [-0.2, -0.15) is 0 Å². The number of amides is 2. The van der Waals surface area contributed by atoms with Gasteiger partial charge < -0.3 is 15.5 Å². The molecule has 0 radical (unpaired) electrons. The van der Waals surface area contributed by atoms with Crippen molar-refractivity contribution in [2.75, 3.05) is 25.0 Å². The molecule has 2 aliphatic rings. The molecule has 2 amide bonds. The van der Waals surface area contributed by atoms with Crippen LogP contribution in [0.5, 0.6) is 0 Å². The third-order valence-corrected chi connectivity index (χ3v) is 5.44. The minimum Gasteiger partial charge on any atom is -0.328 e. The van der Waals surface area contributed by atoms with Crippen LogP contribution in [0.15, 0.2) is 11.6 Å². The first-order valence-electron chi connectivity index (χ1n) is 8.44. The Bertz CT molecular complexity index is 528. The summed E-state index contributed by atoms with van der Waals surface area (Å²) in [7, 11) is 0. The van der Waals surface area contributed by atoms with Crippen LogP contribution < -0.4 is 10.6 Å². The van der Waals surface area contributed by atoms with Crippen LogP contribution in [-0.2, 0) is 9.59 Å². The maximum atomic E-state index is 12.8. The van der Waals surface area contributed by atoms with Gasteiger partial charge in [0.15, 0.2) is 5.13 Å². The van der Waals surface area contributed by atoms with Gasteiger partial charge in [0.05, 0.1) is 6.54 Å². The van der Waals surface area contributed by atoms with Crippen molar-refractivity contribution >= 4 is 28.3 Å². The number of thiazole rings is 1. The number of carbonyl (C=O) groups is 2. The molecule has 0 spiro atoms. The Hall–Kier alpha value is -1.47. The van der Waals surface area contributed by atoms with Crippen molar-refractivity contribution in [3.8, 4) is 0 Å². The molecule has 2 fully saturated rings. The Kier molecular flexibility index (Phi) is 5.61. The van der Waals surface area contributed by atoms with E-state index in [1.165, 1.54) is 43.4 Å². The third kappa shape index (κ3) is 4.29. The summed E-state index contributed by atoms with van der Waals surface area (Å²) in [5.41, 5.74) is 0. The van der Waals surface area contributed by atoms with Crippen LogP contribution in [0, 0.1) is 5.92 Å². The predicted octanol–water partition coefficient (Wildman–Crippen LogP) is 1.85. The molecular formula is C16H24N4O2S. The number of piperazine rings is 1. The number of rotatable bonds is 5. The fourth-order valence-electron chi connectivity index (χ4n) is 3.54. The third-order valence-electron chi connectivity index (χ3n) is 4.75. The molecule has 1 saturated carbocycles. The van der Waals surface area contributed by atoms with Crippen LogP contribution in [0.25, 0.3) is 0 Å². The maximum Gasteiger partial charge on any atom is 0.248 e. The summed E-state index contributed by atoms with van der Waals surface area (Å²) in [6.07, 6.45) is 8.54. The SMILES string of the molecule is O=C(Nc1nccs1)C(CC1CCCCC1)N1CCNCC1=O. The Morgan fingerprint density at radius 1 is 1.43 bits per heavy atom. The number of nitrogens with zero attached hydrogens (tertiary/aromatic N) is 2. The van der Waals surface area contributed by atoms with Crippen molar-refractivity contribution < 1.29 is 9.59 Å². The smallest absolute Gasteiger partial charge is 0.248 e. The molecule has 1 saturated heterocycles. The average molecular weight is 336 g/mol. The summed E-state index contributed by atoms with van der Waals surface area (Å²) >= 11 is 1.40. The van der Waals surface area contributed by atoms with Crippen molar-refractivity contribution in [2.45, 2.75) is 44.6 Å². The molecule has 23 heavy (non-hydrogen) atoms.